The number of rotatable bonds is 5. The van der Waals surface area contributed by atoms with Gasteiger partial charge >= 0.3 is 0 Å². The summed E-state index contributed by atoms with van der Waals surface area (Å²) in [5, 5.41) is 7.22. The minimum absolute atomic E-state index is 0.00499. The van der Waals surface area contributed by atoms with E-state index in [9.17, 15) is 4.79 Å². The number of hydrogen-bond acceptors (Lipinski definition) is 5. The first-order chi connectivity index (χ1) is 13.7. The number of likely N-dealkylation sites (tertiary alicyclic amines) is 1. The molecule has 0 bridgehead atoms. The lowest BCUT2D eigenvalue weighted by atomic mass is 10.0. The van der Waals surface area contributed by atoms with Crippen molar-refractivity contribution in [2.45, 2.75) is 25.4 Å². The van der Waals surface area contributed by atoms with Crippen molar-refractivity contribution in [3.63, 3.8) is 0 Å². The Bertz CT molecular complexity index is 936. The molecule has 1 aromatic heterocycles. The van der Waals surface area contributed by atoms with Gasteiger partial charge in [-0.15, -0.1) is 0 Å². The Balaban J connectivity index is 1.28. The summed E-state index contributed by atoms with van der Waals surface area (Å²) in [6, 6.07) is 17.4. The van der Waals surface area contributed by atoms with Crippen molar-refractivity contribution in [2.75, 3.05) is 13.1 Å². The van der Waals surface area contributed by atoms with Crippen molar-refractivity contribution in [1.29, 1.82) is 0 Å². The molecular weight excluding hydrogens is 420 g/mol. The normalized spacial score (nSPS) is 15.5. The molecule has 0 saturated carbocycles. The predicted molar refractivity (Wildman–Crippen MR) is 110 cm³/mol. The summed E-state index contributed by atoms with van der Waals surface area (Å²) in [7, 11) is 0. The molecular formula is C21H21BrN4O2. The number of hydrogen-bond donors (Lipinski definition) is 1. The largest absolute Gasteiger partial charge is 0.349 e. The van der Waals surface area contributed by atoms with E-state index in [1.165, 1.54) is 0 Å². The van der Waals surface area contributed by atoms with Gasteiger partial charge in [-0.25, -0.2) is 0 Å². The second kappa shape index (κ2) is 8.67. The van der Waals surface area contributed by atoms with E-state index in [1.807, 2.05) is 54.6 Å². The van der Waals surface area contributed by atoms with Crippen LogP contribution in [0.5, 0.6) is 0 Å². The SMILES string of the molecule is O=C(NC1CCN(Cc2nc(-c3cccc(Br)c3)no2)CC1)c1ccccc1. The minimum atomic E-state index is -0.00499. The summed E-state index contributed by atoms with van der Waals surface area (Å²) in [5.41, 5.74) is 1.63. The van der Waals surface area contributed by atoms with E-state index in [4.69, 9.17) is 4.52 Å². The van der Waals surface area contributed by atoms with Gasteiger partial charge in [0.15, 0.2) is 0 Å². The van der Waals surface area contributed by atoms with E-state index < -0.39 is 0 Å². The molecule has 0 radical (unpaired) electrons. The van der Waals surface area contributed by atoms with Gasteiger partial charge < -0.3 is 9.84 Å². The van der Waals surface area contributed by atoms with Crippen LogP contribution in [-0.2, 0) is 6.54 Å². The summed E-state index contributed by atoms with van der Waals surface area (Å²) < 4.78 is 6.41. The first-order valence-electron chi connectivity index (χ1n) is 9.34. The number of benzene rings is 2. The number of amides is 1. The van der Waals surface area contributed by atoms with Crippen LogP contribution in [0.1, 0.15) is 29.1 Å². The first-order valence-corrected chi connectivity index (χ1v) is 10.1. The van der Waals surface area contributed by atoms with E-state index >= 15 is 0 Å². The maximum Gasteiger partial charge on any atom is 0.251 e. The van der Waals surface area contributed by atoms with Crippen molar-refractivity contribution >= 4 is 21.8 Å². The van der Waals surface area contributed by atoms with Gasteiger partial charge in [-0.3, -0.25) is 9.69 Å². The fourth-order valence-electron chi connectivity index (χ4n) is 3.35. The number of piperidine rings is 1. The molecule has 144 valence electrons. The zero-order valence-electron chi connectivity index (χ0n) is 15.3. The van der Waals surface area contributed by atoms with E-state index in [-0.39, 0.29) is 11.9 Å². The number of carbonyl (C=O) groups excluding carboxylic acids is 1. The summed E-state index contributed by atoms with van der Waals surface area (Å²) in [4.78, 5) is 19.1. The third-order valence-electron chi connectivity index (χ3n) is 4.87. The average molecular weight is 441 g/mol. The summed E-state index contributed by atoms with van der Waals surface area (Å²) in [5.74, 6) is 1.21. The second-order valence-corrected chi connectivity index (χ2v) is 7.83. The lowest BCUT2D eigenvalue weighted by molar-refractivity contribution is 0.0904. The Morgan fingerprint density at radius 1 is 1.14 bits per heavy atom. The van der Waals surface area contributed by atoms with Crippen LogP contribution in [0, 0.1) is 0 Å². The summed E-state index contributed by atoms with van der Waals surface area (Å²) in [6.07, 6.45) is 1.82. The third-order valence-corrected chi connectivity index (χ3v) is 5.36. The molecule has 7 heteroatoms. The molecule has 1 N–H and O–H groups in total. The lowest BCUT2D eigenvalue weighted by Crippen LogP contribution is -2.44. The summed E-state index contributed by atoms with van der Waals surface area (Å²) in [6.45, 7) is 2.39. The fraction of sp³-hybridized carbons (Fsp3) is 0.286. The van der Waals surface area contributed by atoms with E-state index in [0.29, 0.717) is 23.8 Å². The van der Waals surface area contributed by atoms with Crippen molar-refractivity contribution in [3.05, 3.63) is 70.5 Å². The number of aromatic nitrogens is 2. The molecule has 0 atom stereocenters. The van der Waals surface area contributed by atoms with Crippen LogP contribution in [-0.4, -0.2) is 40.1 Å². The number of nitrogens with zero attached hydrogens (tertiary/aromatic N) is 3. The van der Waals surface area contributed by atoms with Crippen LogP contribution in [0.25, 0.3) is 11.4 Å². The Kier molecular flexibility index (Phi) is 5.83. The van der Waals surface area contributed by atoms with E-state index in [2.05, 4.69) is 36.3 Å². The topological polar surface area (TPSA) is 71.3 Å². The van der Waals surface area contributed by atoms with Gasteiger partial charge in [-0.1, -0.05) is 51.4 Å². The van der Waals surface area contributed by atoms with Crippen LogP contribution in [0.15, 0.2) is 63.6 Å². The standard InChI is InChI=1S/C21H21BrN4O2/c22-17-8-4-7-16(13-17)20-24-19(28-25-20)14-26-11-9-18(10-12-26)23-21(27)15-5-2-1-3-6-15/h1-8,13,18H,9-12,14H2,(H,23,27). The van der Waals surface area contributed by atoms with E-state index in [1.54, 1.807) is 0 Å². The van der Waals surface area contributed by atoms with Crippen molar-refractivity contribution in [1.82, 2.24) is 20.4 Å². The molecule has 3 aromatic rings. The third kappa shape index (κ3) is 4.66. The van der Waals surface area contributed by atoms with Gasteiger partial charge in [0.05, 0.1) is 6.54 Å². The van der Waals surface area contributed by atoms with Gasteiger partial charge in [0, 0.05) is 34.7 Å². The zero-order chi connectivity index (χ0) is 19.3. The van der Waals surface area contributed by atoms with Gasteiger partial charge in [-0.2, -0.15) is 4.98 Å². The average Bonchev–Trinajstić information content (AvgIpc) is 3.19. The fourth-order valence-corrected chi connectivity index (χ4v) is 3.75. The van der Waals surface area contributed by atoms with Gasteiger partial charge in [0.2, 0.25) is 11.7 Å². The lowest BCUT2D eigenvalue weighted by Gasteiger charge is -2.31. The molecule has 0 unspecified atom stereocenters. The highest BCUT2D eigenvalue weighted by Crippen LogP contribution is 2.21. The molecule has 1 aliphatic heterocycles. The molecule has 0 spiro atoms. The highest BCUT2D eigenvalue weighted by atomic mass is 79.9. The zero-order valence-corrected chi connectivity index (χ0v) is 16.9. The molecule has 1 amide bonds. The van der Waals surface area contributed by atoms with Gasteiger partial charge in [0.25, 0.3) is 5.91 Å². The maximum absolute atomic E-state index is 12.3. The Labute approximate surface area is 172 Å². The Morgan fingerprint density at radius 3 is 2.68 bits per heavy atom. The predicted octanol–water partition coefficient (Wildman–Crippen LogP) is 3.89. The monoisotopic (exact) mass is 440 g/mol. The Morgan fingerprint density at radius 2 is 1.93 bits per heavy atom. The minimum Gasteiger partial charge on any atom is -0.349 e. The second-order valence-electron chi connectivity index (χ2n) is 6.91. The van der Waals surface area contributed by atoms with Crippen molar-refractivity contribution in [3.8, 4) is 11.4 Å². The van der Waals surface area contributed by atoms with Crippen LogP contribution in [0.3, 0.4) is 0 Å². The molecule has 2 heterocycles. The van der Waals surface area contributed by atoms with Crippen LogP contribution in [0.2, 0.25) is 0 Å². The Hall–Kier alpha value is -2.51. The maximum atomic E-state index is 12.3. The number of carbonyl (C=O) groups is 1. The van der Waals surface area contributed by atoms with E-state index in [0.717, 1.165) is 36.0 Å². The highest BCUT2D eigenvalue weighted by molar-refractivity contribution is 9.10. The van der Waals surface area contributed by atoms with Crippen molar-refractivity contribution in [2.24, 2.45) is 0 Å². The summed E-state index contributed by atoms with van der Waals surface area (Å²) >= 11 is 3.46. The molecule has 4 rings (SSSR count). The molecule has 1 fully saturated rings. The van der Waals surface area contributed by atoms with Gasteiger partial charge in [-0.05, 0) is 37.1 Å². The van der Waals surface area contributed by atoms with Crippen molar-refractivity contribution < 1.29 is 9.32 Å². The molecule has 6 nitrogen and oxygen atoms in total. The van der Waals surface area contributed by atoms with Crippen LogP contribution >= 0.6 is 15.9 Å². The number of nitrogens with one attached hydrogen (secondary N) is 1. The van der Waals surface area contributed by atoms with Gasteiger partial charge in [0.1, 0.15) is 0 Å². The van der Waals surface area contributed by atoms with Crippen LogP contribution in [0.4, 0.5) is 0 Å². The quantitative estimate of drug-likeness (QED) is 0.651. The smallest absolute Gasteiger partial charge is 0.251 e. The molecule has 28 heavy (non-hydrogen) atoms. The molecule has 1 aliphatic rings. The highest BCUT2D eigenvalue weighted by Gasteiger charge is 2.22. The van der Waals surface area contributed by atoms with Crippen LogP contribution < -0.4 is 5.32 Å². The first kappa shape index (κ1) is 18.8. The molecule has 1 saturated heterocycles. The molecule has 0 aliphatic carbocycles. The molecule has 2 aromatic carbocycles. The number of halogens is 1.